The van der Waals surface area contributed by atoms with Crippen molar-refractivity contribution in [3.63, 3.8) is 0 Å². The lowest BCUT2D eigenvalue weighted by atomic mass is 9.99. The van der Waals surface area contributed by atoms with Crippen LogP contribution in [0.3, 0.4) is 0 Å². The average Bonchev–Trinajstić information content (AvgIpc) is 2.28. The van der Waals surface area contributed by atoms with Crippen LogP contribution in [0.4, 0.5) is 4.39 Å². The molecule has 0 fully saturated rings. The lowest BCUT2D eigenvalue weighted by molar-refractivity contribution is 0.0697. The maximum Gasteiger partial charge on any atom is 0.336 e. The number of carboxylic acid groups (broad SMARTS) is 1. The van der Waals surface area contributed by atoms with Crippen LogP contribution in [0.2, 0.25) is 5.02 Å². The molecule has 0 aliphatic heterocycles. The summed E-state index contributed by atoms with van der Waals surface area (Å²) in [5, 5.41) is 9.36. The molecular weight excluding hydrogens is 243 g/mol. The Balaban J connectivity index is 2.70. The van der Waals surface area contributed by atoms with Crippen LogP contribution in [-0.4, -0.2) is 11.1 Å². The molecule has 2 rings (SSSR count). The highest BCUT2D eigenvalue weighted by atomic mass is 35.5. The van der Waals surface area contributed by atoms with Crippen molar-refractivity contribution in [2.45, 2.75) is 0 Å². The van der Waals surface area contributed by atoms with Gasteiger partial charge in [0.1, 0.15) is 5.82 Å². The summed E-state index contributed by atoms with van der Waals surface area (Å²) >= 11 is 5.97. The van der Waals surface area contributed by atoms with Crippen molar-refractivity contribution in [3.05, 3.63) is 58.9 Å². The van der Waals surface area contributed by atoms with Crippen LogP contribution >= 0.6 is 11.6 Å². The molecule has 0 aliphatic carbocycles. The Morgan fingerprint density at radius 1 is 1.18 bits per heavy atom. The van der Waals surface area contributed by atoms with Crippen LogP contribution in [0, 0.1) is 5.82 Å². The van der Waals surface area contributed by atoms with Gasteiger partial charge in [-0.05, 0) is 29.8 Å². The molecule has 17 heavy (non-hydrogen) atoms. The summed E-state index contributed by atoms with van der Waals surface area (Å²) in [5.41, 5.74) is 0.845. The Hall–Kier alpha value is -1.87. The predicted octanol–water partition coefficient (Wildman–Crippen LogP) is 3.84. The monoisotopic (exact) mass is 250 g/mol. The minimum Gasteiger partial charge on any atom is -0.478 e. The molecule has 0 unspecified atom stereocenters. The van der Waals surface area contributed by atoms with Crippen molar-refractivity contribution in [1.82, 2.24) is 0 Å². The first-order valence-electron chi connectivity index (χ1n) is 4.87. The second-order valence-electron chi connectivity index (χ2n) is 3.48. The van der Waals surface area contributed by atoms with Gasteiger partial charge in [-0.15, -0.1) is 0 Å². The summed E-state index contributed by atoms with van der Waals surface area (Å²) in [6, 6.07) is 10.3. The zero-order valence-electron chi connectivity index (χ0n) is 8.65. The molecule has 0 bridgehead atoms. The van der Waals surface area contributed by atoms with E-state index in [1.165, 1.54) is 24.3 Å². The van der Waals surface area contributed by atoms with Crippen LogP contribution in [0.1, 0.15) is 10.4 Å². The second kappa shape index (κ2) is 4.55. The third-order valence-electron chi connectivity index (χ3n) is 2.36. The maximum absolute atomic E-state index is 13.1. The van der Waals surface area contributed by atoms with Crippen LogP contribution in [0.5, 0.6) is 0 Å². The van der Waals surface area contributed by atoms with Crippen LogP contribution in [0.15, 0.2) is 42.5 Å². The van der Waals surface area contributed by atoms with Gasteiger partial charge in [0, 0.05) is 10.6 Å². The van der Waals surface area contributed by atoms with E-state index in [4.69, 9.17) is 16.7 Å². The first kappa shape index (κ1) is 11.6. The van der Waals surface area contributed by atoms with E-state index in [-0.39, 0.29) is 10.6 Å². The molecule has 86 valence electrons. The zero-order valence-corrected chi connectivity index (χ0v) is 9.41. The zero-order chi connectivity index (χ0) is 12.4. The van der Waals surface area contributed by atoms with E-state index in [0.29, 0.717) is 11.1 Å². The van der Waals surface area contributed by atoms with Gasteiger partial charge < -0.3 is 5.11 Å². The molecule has 2 aromatic rings. The van der Waals surface area contributed by atoms with Gasteiger partial charge in [0.2, 0.25) is 0 Å². The van der Waals surface area contributed by atoms with Gasteiger partial charge in [-0.2, -0.15) is 0 Å². The topological polar surface area (TPSA) is 37.3 Å². The van der Waals surface area contributed by atoms with Crippen molar-refractivity contribution >= 4 is 17.6 Å². The van der Waals surface area contributed by atoms with Crippen molar-refractivity contribution in [2.75, 3.05) is 0 Å². The van der Waals surface area contributed by atoms with Gasteiger partial charge >= 0.3 is 5.97 Å². The molecule has 0 aromatic heterocycles. The fourth-order valence-corrected chi connectivity index (χ4v) is 1.92. The van der Waals surface area contributed by atoms with Gasteiger partial charge in [0.15, 0.2) is 0 Å². The Labute approximate surface area is 102 Å². The van der Waals surface area contributed by atoms with E-state index < -0.39 is 11.8 Å². The predicted molar refractivity (Wildman–Crippen MR) is 63.8 cm³/mol. The Morgan fingerprint density at radius 2 is 1.88 bits per heavy atom. The highest BCUT2D eigenvalue weighted by molar-refractivity contribution is 6.34. The summed E-state index contributed by atoms with van der Waals surface area (Å²) in [6.45, 7) is 0. The first-order chi connectivity index (χ1) is 8.09. The van der Waals surface area contributed by atoms with E-state index in [1.807, 2.05) is 0 Å². The van der Waals surface area contributed by atoms with Gasteiger partial charge in [-0.25, -0.2) is 9.18 Å². The minimum absolute atomic E-state index is 0.0584. The molecule has 0 heterocycles. The number of carbonyl (C=O) groups is 1. The van der Waals surface area contributed by atoms with E-state index in [9.17, 15) is 9.18 Å². The first-order valence-corrected chi connectivity index (χ1v) is 5.25. The summed E-state index contributed by atoms with van der Waals surface area (Å²) in [4.78, 5) is 11.1. The summed E-state index contributed by atoms with van der Waals surface area (Å²) in [6.07, 6.45) is 0. The summed E-state index contributed by atoms with van der Waals surface area (Å²) in [7, 11) is 0. The van der Waals surface area contributed by atoms with E-state index in [1.54, 1.807) is 18.2 Å². The molecule has 4 heteroatoms. The van der Waals surface area contributed by atoms with Crippen molar-refractivity contribution in [1.29, 1.82) is 0 Å². The Bertz CT molecular complexity index is 581. The highest BCUT2D eigenvalue weighted by Crippen LogP contribution is 2.31. The van der Waals surface area contributed by atoms with Crippen molar-refractivity contribution in [2.24, 2.45) is 0 Å². The number of carboxylic acids is 1. The molecule has 2 aromatic carbocycles. The average molecular weight is 251 g/mol. The lowest BCUT2D eigenvalue weighted by Gasteiger charge is -2.08. The fourth-order valence-electron chi connectivity index (χ4n) is 1.64. The minimum atomic E-state index is -1.09. The number of hydrogen-bond acceptors (Lipinski definition) is 1. The maximum atomic E-state index is 13.1. The summed E-state index contributed by atoms with van der Waals surface area (Å²) in [5.74, 6) is -1.52. The molecule has 2 nitrogen and oxygen atoms in total. The number of rotatable bonds is 2. The lowest BCUT2D eigenvalue weighted by Crippen LogP contribution is -2.00. The van der Waals surface area contributed by atoms with Gasteiger partial charge in [0.05, 0.1) is 5.56 Å². The van der Waals surface area contributed by atoms with E-state index in [0.717, 1.165) is 0 Å². The van der Waals surface area contributed by atoms with Crippen LogP contribution in [0.25, 0.3) is 11.1 Å². The fraction of sp³-hybridized carbons (Fsp3) is 0. The quantitative estimate of drug-likeness (QED) is 0.879. The molecular formula is C13H8ClFO2. The highest BCUT2D eigenvalue weighted by Gasteiger charge is 2.14. The third-order valence-corrected chi connectivity index (χ3v) is 2.67. The molecule has 1 N–H and O–H groups in total. The Kier molecular flexibility index (Phi) is 3.11. The molecule has 0 saturated carbocycles. The summed E-state index contributed by atoms with van der Waals surface area (Å²) < 4.78 is 13.1. The SMILES string of the molecule is O=C(O)c1cccc(Cl)c1-c1cccc(F)c1. The number of benzene rings is 2. The third kappa shape index (κ3) is 2.29. The van der Waals surface area contributed by atoms with Gasteiger partial charge in [-0.1, -0.05) is 29.8 Å². The Morgan fingerprint density at radius 3 is 2.53 bits per heavy atom. The van der Waals surface area contributed by atoms with Gasteiger partial charge in [-0.3, -0.25) is 0 Å². The van der Waals surface area contributed by atoms with Crippen molar-refractivity contribution < 1.29 is 14.3 Å². The molecule has 0 atom stereocenters. The molecule has 0 saturated heterocycles. The number of hydrogen-bond donors (Lipinski definition) is 1. The molecule has 0 radical (unpaired) electrons. The second-order valence-corrected chi connectivity index (χ2v) is 3.89. The number of aromatic carboxylic acids is 1. The molecule has 0 amide bonds. The van der Waals surface area contributed by atoms with E-state index >= 15 is 0 Å². The van der Waals surface area contributed by atoms with E-state index in [2.05, 4.69) is 0 Å². The number of halogens is 2. The molecule has 0 spiro atoms. The molecule has 0 aliphatic rings. The largest absolute Gasteiger partial charge is 0.478 e. The van der Waals surface area contributed by atoms with Crippen LogP contribution in [-0.2, 0) is 0 Å². The van der Waals surface area contributed by atoms with Gasteiger partial charge in [0.25, 0.3) is 0 Å². The standard InChI is InChI=1S/C13H8ClFO2/c14-11-6-2-5-10(13(16)17)12(11)8-3-1-4-9(15)7-8/h1-7H,(H,16,17). The van der Waals surface area contributed by atoms with Crippen LogP contribution < -0.4 is 0 Å². The normalized spacial score (nSPS) is 10.2. The van der Waals surface area contributed by atoms with Crippen molar-refractivity contribution in [3.8, 4) is 11.1 Å². The smallest absolute Gasteiger partial charge is 0.336 e.